The zero-order valence-electron chi connectivity index (χ0n) is 11.2. The van der Waals surface area contributed by atoms with Crippen molar-refractivity contribution in [3.63, 3.8) is 0 Å². The Morgan fingerprint density at radius 1 is 1.50 bits per heavy atom. The molecule has 0 aromatic carbocycles. The molecule has 2 unspecified atom stereocenters. The quantitative estimate of drug-likeness (QED) is 0.880. The summed E-state index contributed by atoms with van der Waals surface area (Å²) in [5.41, 5.74) is -0.0742. The molecule has 1 saturated carbocycles. The second-order valence-electron chi connectivity index (χ2n) is 5.13. The van der Waals surface area contributed by atoms with Crippen molar-refractivity contribution in [1.29, 1.82) is 0 Å². The Hall–Kier alpha value is -0.970. The van der Waals surface area contributed by atoms with Crippen molar-refractivity contribution in [2.45, 2.75) is 50.3 Å². The monoisotopic (exact) mass is 267 g/mol. The van der Waals surface area contributed by atoms with Crippen LogP contribution in [-0.4, -0.2) is 27.5 Å². The van der Waals surface area contributed by atoms with Gasteiger partial charge in [-0.25, -0.2) is 4.98 Å². The SMILES string of the molecule is CSC1CCCC1Nc1cc(=O)[nH]c(C(C)C)n1. The molecule has 1 aromatic heterocycles. The molecule has 1 heterocycles. The highest BCUT2D eigenvalue weighted by Gasteiger charge is 2.26. The average Bonchev–Trinajstić information content (AvgIpc) is 2.75. The van der Waals surface area contributed by atoms with Crippen LogP contribution in [0.1, 0.15) is 44.9 Å². The van der Waals surface area contributed by atoms with Gasteiger partial charge in [0.05, 0.1) is 0 Å². The number of rotatable bonds is 4. The summed E-state index contributed by atoms with van der Waals surface area (Å²) in [5, 5.41) is 4.06. The molecular formula is C13H21N3OS. The minimum atomic E-state index is -0.0742. The molecule has 0 radical (unpaired) electrons. The number of aromatic amines is 1. The van der Waals surface area contributed by atoms with Gasteiger partial charge in [-0.2, -0.15) is 11.8 Å². The van der Waals surface area contributed by atoms with Crippen LogP contribution in [0.4, 0.5) is 5.82 Å². The van der Waals surface area contributed by atoms with Gasteiger partial charge >= 0.3 is 0 Å². The first-order valence-corrected chi connectivity index (χ1v) is 7.79. The van der Waals surface area contributed by atoms with E-state index < -0.39 is 0 Å². The summed E-state index contributed by atoms with van der Waals surface area (Å²) in [6.45, 7) is 4.06. The van der Waals surface area contributed by atoms with Crippen LogP contribution in [0, 0.1) is 0 Å². The molecule has 0 aliphatic heterocycles. The first-order chi connectivity index (χ1) is 8.60. The summed E-state index contributed by atoms with van der Waals surface area (Å²) >= 11 is 1.90. The molecule has 5 heteroatoms. The van der Waals surface area contributed by atoms with E-state index in [1.807, 2.05) is 25.6 Å². The summed E-state index contributed by atoms with van der Waals surface area (Å²) in [6.07, 6.45) is 5.81. The predicted molar refractivity (Wildman–Crippen MR) is 77.5 cm³/mol. The Balaban J connectivity index is 2.16. The van der Waals surface area contributed by atoms with Gasteiger partial charge in [0.25, 0.3) is 5.56 Å². The maximum absolute atomic E-state index is 11.6. The van der Waals surface area contributed by atoms with Gasteiger partial charge in [-0.1, -0.05) is 20.3 Å². The van der Waals surface area contributed by atoms with Gasteiger partial charge in [-0.05, 0) is 19.1 Å². The Kier molecular flexibility index (Phi) is 4.32. The van der Waals surface area contributed by atoms with Crippen LogP contribution in [0.15, 0.2) is 10.9 Å². The van der Waals surface area contributed by atoms with E-state index >= 15 is 0 Å². The number of hydrogen-bond donors (Lipinski definition) is 2. The Labute approximate surface area is 112 Å². The number of H-pyrrole nitrogens is 1. The van der Waals surface area contributed by atoms with Crippen LogP contribution in [0.25, 0.3) is 0 Å². The van der Waals surface area contributed by atoms with Gasteiger partial charge in [-0.15, -0.1) is 0 Å². The highest BCUT2D eigenvalue weighted by Crippen LogP contribution is 2.30. The van der Waals surface area contributed by atoms with Crippen LogP contribution in [0.5, 0.6) is 0 Å². The second-order valence-corrected chi connectivity index (χ2v) is 6.20. The Morgan fingerprint density at radius 2 is 2.28 bits per heavy atom. The van der Waals surface area contributed by atoms with Crippen molar-refractivity contribution in [3.8, 4) is 0 Å². The molecule has 1 fully saturated rings. The molecular weight excluding hydrogens is 246 g/mol. The minimum Gasteiger partial charge on any atom is -0.366 e. The van der Waals surface area contributed by atoms with Gasteiger partial charge in [0.15, 0.2) is 0 Å². The smallest absolute Gasteiger partial charge is 0.252 e. The highest BCUT2D eigenvalue weighted by atomic mass is 32.2. The van der Waals surface area contributed by atoms with Crippen molar-refractivity contribution in [1.82, 2.24) is 9.97 Å². The molecule has 4 nitrogen and oxygen atoms in total. The highest BCUT2D eigenvalue weighted by molar-refractivity contribution is 7.99. The molecule has 0 saturated heterocycles. The third-order valence-corrected chi connectivity index (χ3v) is 4.57. The lowest BCUT2D eigenvalue weighted by Crippen LogP contribution is -2.27. The minimum absolute atomic E-state index is 0.0742. The fraction of sp³-hybridized carbons (Fsp3) is 0.692. The van der Waals surface area contributed by atoms with E-state index in [0.717, 1.165) is 12.2 Å². The molecule has 0 spiro atoms. The van der Waals surface area contributed by atoms with E-state index in [0.29, 0.717) is 17.1 Å². The zero-order chi connectivity index (χ0) is 13.1. The molecule has 2 rings (SSSR count). The summed E-state index contributed by atoms with van der Waals surface area (Å²) in [7, 11) is 0. The average molecular weight is 267 g/mol. The number of thioether (sulfide) groups is 1. The van der Waals surface area contributed by atoms with Crippen molar-refractivity contribution in [2.75, 3.05) is 11.6 Å². The van der Waals surface area contributed by atoms with E-state index in [-0.39, 0.29) is 11.5 Å². The fourth-order valence-electron chi connectivity index (χ4n) is 2.39. The zero-order valence-corrected chi connectivity index (χ0v) is 12.0. The summed E-state index contributed by atoms with van der Waals surface area (Å²) in [6, 6.07) is 2.00. The molecule has 0 amide bonds. The lowest BCUT2D eigenvalue weighted by Gasteiger charge is -2.20. The van der Waals surface area contributed by atoms with E-state index in [1.54, 1.807) is 6.07 Å². The number of anilines is 1. The van der Waals surface area contributed by atoms with E-state index in [1.165, 1.54) is 12.8 Å². The molecule has 1 aromatic rings. The normalized spacial score (nSPS) is 23.6. The molecule has 100 valence electrons. The van der Waals surface area contributed by atoms with Gasteiger partial charge in [0.1, 0.15) is 11.6 Å². The number of nitrogens with one attached hydrogen (secondary N) is 2. The topological polar surface area (TPSA) is 57.8 Å². The number of nitrogens with zero attached hydrogens (tertiary/aromatic N) is 1. The number of aromatic nitrogens is 2. The van der Waals surface area contributed by atoms with Crippen molar-refractivity contribution < 1.29 is 0 Å². The molecule has 18 heavy (non-hydrogen) atoms. The van der Waals surface area contributed by atoms with E-state index in [4.69, 9.17) is 0 Å². The third-order valence-electron chi connectivity index (χ3n) is 3.40. The predicted octanol–water partition coefficient (Wildman–Crippen LogP) is 2.59. The molecule has 1 aliphatic rings. The van der Waals surface area contributed by atoms with Gasteiger partial charge < -0.3 is 10.3 Å². The lowest BCUT2D eigenvalue weighted by atomic mass is 10.2. The first kappa shape index (κ1) is 13.5. The Morgan fingerprint density at radius 3 is 2.94 bits per heavy atom. The van der Waals surface area contributed by atoms with E-state index in [9.17, 15) is 4.79 Å². The van der Waals surface area contributed by atoms with Crippen LogP contribution >= 0.6 is 11.8 Å². The summed E-state index contributed by atoms with van der Waals surface area (Å²) in [4.78, 5) is 18.9. The van der Waals surface area contributed by atoms with E-state index in [2.05, 4.69) is 21.5 Å². The standard InChI is InChI=1S/C13H21N3OS/c1-8(2)13-15-11(7-12(17)16-13)14-9-5-4-6-10(9)18-3/h7-10H,4-6H2,1-3H3,(H2,14,15,16,17). The van der Waals surface area contributed by atoms with Crippen LogP contribution in [0.3, 0.4) is 0 Å². The maximum Gasteiger partial charge on any atom is 0.252 e. The molecule has 2 atom stereocenters. The van der Waals surface area contributed by atoms with Crippen LogP contribution < -0.4 is 10.9 Å². The summed E-state index contributed by atoms with van der Waals surface area (Å²) < 4.78 is 0. The molecule has 1 aliphatic carbocycles. The molecule has 0 bridgehead atoms. The Bertz CT molecular complexity index is 458. The van der Waals surface area contributed by atoms with Gasteiger partial charge in [-0.3, -0.25) is 4.79 Å². The number of hydrogen-bond acceptors (Lipinski definition) is 4. The first-order valence-electron chi connectivity index (χ1n) is 6.50. The largest absolute Gasteiger partial charge is 0.366 e. The fourth-order valence-corrected chi connectivity index (χ4v) is 3.32. The van der Waals surface area contributed by atoms with Crippen molar-refractivity contribution >= 4 is 17.6 Å². The summed E-state index contributed by atoms with van der Waals surface area (Å²) in [5.74, 6) is 1.71. The molecule has 2 N–H and O–H groups in total. The van der Waals surface area contributed by atoms with Crippen LogP contribution in [0.2, 0.25) is 0 Å². The second kappa shape index (κ2) is 5.78. The maximum atomic E-state index is 11.6. The third kappa shape index (κ3) is 3.07. The van der Waals surface area contributed by atoms with Gasteiger partial charge in [0.2, 0.25) is 0 Å². The van der Waals surface area contributed by atoms with Crippen LogP contribution in [-0.2, 0) is 0 Å². The van der Waals surface area contributed by atoms with Crippen molar-refractivity contribution in [3.05, 3.63) is 22.2 Å². The van der Waals surface area contributed by atoms with Gasteiger partial charge in [0, 0.05) is 23.3 Å². The lowest BCUT2D eigenvalue weighted by molar-refractivity contribution is 0.739. The van der Waals surface area contributed by atoms with Crippen molar-refractivity contribution in [2.24, 2.45) is 0 Å².